The fourth-order valence-corrected chi connectivity index (χ4v) is 4.07. The molecule has 0 atom stereocenters. The predicted octanol–water partition coefficient (Wildman–Crippen LogP) is 2.76. The van der Waals surface area contributed by atoms with Gasteiger partial charge in [0.1, 0.15) is 5.82 Å². The molecule has 0 saturated carbocycles. The number of aromatic hydroxyl groups is 1. The SMILES string of the molecule is CCNC(=NCCc1cccc(OC)c1O)N1CCN(c2nc(CC)ns2)CC1.I. The van der Waals surface area contributed by atoms with Gasteiger partial charge in [-0.15, -0.1) is 24.0 Å². The highest BCUT2D eigenvalue weighted by Gasteiger charge is 2.22. The van der Waals surface area contributed by atoms with E-state index in [0.29, 0.717) is 18.7 Å². The van der Waals surface area contributed by atoms with E-state index in [1.165, 1.54) is 11.5 Å². The average Bonchev–Trinajstić information content (AvgIpc) is 3.24. The minimum Gasteiger partial charge on any atom is -0.504 e. The Morgan fingerprint density at radius 1 is 1.27 bits per heavy atom. The van der Waals surface area contributed by atoms with Crippen LogP contribution < -0.4 is 15.0 Å². The number of hydrogen-bond donors (Lipinski definition) is 2. The van der Waals surface area contributed by atoms with Gasteiger partial charge in [0.15, 0.2) is 17.5 Å². The molecule has 2 aromatic rings. The Morgan fingerprint density at radius 3 is 2.67 bits per heavy atom. The molecule has 1 aliphatic heterocycles. The number of nitrogens with one attached hydrogen (secondary N) is 1. The van der Waals surface area contributed by atoms with Gasteiger partial charge >= 0.3 is 0 Å². The first-order valence-corrected chi connectivity index (χ1v) is 10.9. The van der Waals surface area contributed by atoms with Crippen molar-refractivity contribution in [3.63, 3.8) is 0 Å². The summed E-state index contributed by atoms with van der Waals surface area (Å²) in [6, 6.07) is 5.55. The van der Waals surface area contributed by atoms with Crippen molar-refractivity contribution >= 4 is 46.6 Å². The highest BCUT2D eigenvalue weighted by atomic mass is 127. The van der Waals surface area contributed by atoms with Crippen LogP contribution in [0.5, 0.6) is 11.5 Å². The summed E-state index contributed by atoms with van der Waals surface area (Å²) in [5, 5.41) is 14.6. The highest BCUT2D eigenvalue weighted by molar-refractivity contribution is 14.0. The molecule has 0 spiro atoms. The Morgan fingerprint density at radius 2 is 2.03 bits per heavy atom. The number of ether oxygens (including phenoxy) is 1. The molecule has 0 radical (unpaired) electrons. The standard InChI is InChI=1S/C20H30N6O2S.HI/c1-4-17-23-20(29-24-17)26-13-11-25(12-14-26)19(21-5-2)22-10-9-15-7-6-8-16(28-3)18(15)27;/h6-8,27H,4-5,9-14H2,1-3H3,(H,21,22);1H. The zero-order chi connectivity index (χ0) is 20.6. The lowest BCUT2D eigenvalue weighted by Gasteiger charge is -2.36. The van der Waals surface area contributed by atoms with Crippen LogP contribution in [0.1, 0.15) is 25.2 Å². The largest absolute Gasteiger partial charge is 0.504 e. The van der Waals surface area contributed by atoms with Crippen LogP contribution in [0.2, 0.25) is 0 Å². The third kappa shape index (κ3) is 6.10. The summed E-state index contributed by atoms with van der Waals surface area (Å²) in [4.78, 5) is 14.0. The Bertz CT molecular complexity index is 823. The topological polar surface area (TPSA) is 86.1 Å². The van der Waals surface area contributed by atoms with Crippen LogP contribution in [-0.4, -0.2) is 71.7 Å². The summed E-state index contributed by atoms with van der Waals surface area (Å²) in [5.74, 6) is 2.54. The van der Waals surface area contributed by atoms with E-state index in [2.05, 4.69) is 38.3 Å². The second-order valence-electron chi connectivity index (χ2n) is 6.77. The smallest absolute Gasteiger partial charge is 0.205 e. The minimum atomic E-state index is 0. The number of guanidine groups is 1. The van der Waals surface area contributed by atoms with Gasteiger partial charge in [-0.1, -0.05) is 19.1 Å². The van der Waals surface area contributed by atoms with Crippen LogP contribution in [0.25, 0.3) is 0 Å². The van der Waals surface area contributed by atoms with Crippen molar-refractivity contribution in [3.05, 3.63) is 29.6 Å². The van der Waals surface area contributed by atoms with E-state index in [0.717, 1.165) is 61.6 Å². The van der Waals surface area contributed by atoms with Crippen molar-refractivity contribution in [2.45, 2.75) is 26.7 Å². The number of rotatable bonds is 7. The molecule has 2 heterocycles. The fourth-order valence-electron chi connectivity index (χ4n) is 3.27. The molecule has 1 aliphatic rings. The number of piperazine rings is 1. The monoisotopic (exact) mass is 546 g/mol. The van der Waals surface area contributed by atoms with Gasteiger partial charge in [-0.3, -0.25) is 4.99 Å². The van der Waals surface area contributed by atoms with Gasteiger partial charge in [-0.05, 0) is 25.0 Å². The molecule has 1 saturated heterocycles. The second kappa shape index (κ2) is 12.1. The van der Waals surface area contributed by atoms with Crippen LogP contribution >= 0.6 is 35.5 Å². The summed E-state index contributed by atoms with van der Waals surface area (Å²) < 4.78 is 9.57. The molecule has 1 aromatic heterocycles. The number of methoxy groups -OCH3 is 1. The quantitative estimate of drug-likeness (QED) is 0.314. The number of phenols is 1. The molecule has 1 aromatic carbocycles. The van der Waals surface area contributed by atoms with E-state index in [4.69, 9.17) is 9.73 Å². The van der Waals surface area contributed by atoms with E-state index >= 15 is 0 Å². The molecule has 1 fully saturated rings. The maximum atomic E-state index is 10.2. The summed E-state index contributed by atoms with van der Waals surface area (Å²) in [6.07, 6.45) is 1.53. The number of aryl methyl sites for hydroxylation is 1. The lowest BCUT2D eigenvalue weighted by atomic mass is 10.1. The van der Waals surface area contributed by atoms with E-state index < -0.39 is 0 Å². The van der Waals surface area contributed by atoms with Gasteiger partial charge in [-0.25, -0.2) is 4.98 Å². The number of nitrogens with zero attached hydrogens (tertiary/aromatic N) is 5. The summed E-state index contributed by atoms with van der Waals surface area (Å²) in [5.41, 5.74) is 0.844. The third-order valence-electron chi connectivity index (χ3n) is 4.90. The van der Waals surface area contributed by atoms with Crippen molar-refractivity contribution in [1.82, 2.24) is 19.6 Å². The van der Waals surface area contributed by atoms with Crippen LogP contribution in [0.4, 0.5) is 5.13 Å². The molecule has 3 rings (SSSR count). The molecule has 0 amide bonds. The number of para-hydroxylation sites is 1. The third-order valence-corrected chi connectivity index (χ3v) is 5.72. The molecule has 8 nitrogen and oxygen atoms in total. The van der Waals surface area contributed by atoms with Crippen molar-refractivity contribution in [2.24, 2.45) is 4.99 Å². The number of phenolic OH excluding ortho intramolecular Hbond substituents is 1. The van der Waals surface area contributed by atoms with Gasteiger partial charge in [0.05, 0.1) is 7.11 Å². The molecular weight excluding hydrogens is 515 g/mol. The van der Waals surface area contributed by atoms with Crippen LogP contribution in [0.15, 0.2) is 23.2 Å². The summed E-state index contributed by atoms with van der Waals surface area (Å²) in [6.45, 7) is 9.15. The molecule has 10 heteroatoms. The maximum Gasteiger partial charge on any atom is 0.205 e. The number of hydrogen-bond acceptors (Lipinski definition) is 7. The number of aromatic nitrogens is 2. The van der Waals surface area contributed by atoms with E-state index in [9.17, 15) is 5.11 Å². The van der Waals surface area contributed by atoms with Crippen LogP contribution in [-0.2, 0) is 12.8 Å². The summed E-state index contributed by atoms with van der Waals surface area (Å²) >= 11 is 1.48. The molecule has 0 bridgehead atoms. The normalized spacial score (nSPS) is 14.4. The van der Waals surface area contributed by atoms with Gasteiger partial charge < -0.3 is 25.0 Å². The zero-order valence-corrected chi connectivity index (χ0v) is 20.9. The first kappa shape index (κ1) is 24.4. The first-order chi connectivity index (χ1) is 14.2. The molecule has 0 unspecified atom stereocenters. The average molecular weight is 546 g/mol. The van der Waals surface area contributed by atoms with Crippen molar-refractivity contribution in [2.75, 3.05) is 51.3 Å². The lowest BCUT2D eigenvalue weighted by molar-refractivity contribution is 0.369. The highest BCUT2D eigenvalue weighted by Crippen LogP contribution is 2.29. The van der Waals surface area contributed by atoms with Crippen molar-refractivity contribution in [3.8, 4) is 11.5 Å². The molecule has 30 heavy (non-hydrogen) atoms. The van der Waals surface area contributed by atoms with E-state index in [1.54, 1.807) is 13.2 Å². The zero-order valence-electron chi connectivity index (χ0n) is 17.8. The Hall–Kier alpha value is -1.82. The summed E-state index contributed by atoms with van der Waals surface area (Å²) in [7, 11) is 1.56. The number of halogens is 1. The van der Waals surface area contributed by atoms with Crippen molar-refractivity contribution < 1.29 is 9.84 Å². The number of anilines is 1. The molecule has 2 N–H and O–H groups in total. The number of benzene rings is 1. The lowest BCUT2D eigenvalue weighted by Crippen LogP contribution is -2.52. The van der Waals surface area contributed by atoms with Crippen LogP contribution in [0.3, 0.4) is 0 Å². The maximum absolute atomic E-state index is 10.2. The van der Waals surface area contributed by atoms with E-state index in [1.807, 2.05) is 12.1 Å². The fraction of sp³-hybridized carbons (Fsp3) is 0.550. The van der Waals surface area contributed by atoms with Crippen molar-refractivity contribution in [1.29, 1.82) is 0 Å². The molecule has 0 aliphatic carbocycles. The molecular formula is C20H31IN6O2S. The molecule has 166 valence electrons. The van der Waals surface area contributed by atoms with E-state index in [-0.39, 0.29) is 29.7 Å². The Labute approximate surface area is 199 Å². The Balaban J connectivity index is 0.00000320. The Kier molecular flexibility index (Phi) is 9.89. The van der Waals surface area contributed by atoms with Gasteiger partial charge in [0.2, 0.25) is 5.13 Å². The predicted molar refractivity (Wildman–Crippen MR) is 133 cm³/mol. The van der Waals surface area contributed by atoms with Gasteiger partial charge in [0.25, 0.3) is 0 Å². The first-order valence-electron chi connectivity index (χ1n) is 10.1. The van der Waals surface area contributed by atoms with Gasteiger partial charge in [0, 0.05) is 57.2 Å². The minimum absolute atomic E-state index is 0. The number of aliphatic imine (C=N–C) groups is 1. The van der Waals surface area contributed by atoms with Crippen LogP contribution in [0, 0.1) is 0 Å². The van der Waals surface area contributed by atoms with Gasteiger partial charge in [-0.2, -0.15) is 4.37 Å². The second-order valence-corrected chi connectivity index (χ2v) is 7.50.